The van der Waals surface area contributed by atoms with E-state index >= 15 is 0 Å². The fourth-order valence-electron chi connectivity index (χ4n) is 4.61. The van der Waals surface area contributed by atoms with E-state index < -0.39 is 0 Å². The van der Waals surface area contributed by atoms with Gasteiger partial charge in [0.15, 0.2) is 5.11 Å². The van der Waals surface area contributed by atoms with E-state index in [0.29, 0.717) is 0 Å². The Kier molecular flexibility index (Phi) is 5.11. The Morgan fingerprint density at radius 3 is 2.69 bits per heavy atom. The molecule has 3 heterocycles. The number of benzene rings is 1. The van der Waals surface area contributed by atoms with Crippen molar-refractivity contribution in [2.24, 2.45) is 0 Å². The zero-order valence-electron chi connectivity index (χ0n) is 17.9. The Hall–Kier alpha value is -2.40. The van der Waals surface area contributed by atoms with Crippen LogP contribution in [0.2, 0.25) is 0 Å². The summed E-state index contributed by atoms with van der Waals surface area (Å²) in [6, 6.07) is 13.2. The second-order valence-corrected chi connectivity index (χ2v) is 9.02. The highest BCUT2D eigenvalue weighted by molar-refractivity contribution is 7.80. The van der Waals surface area contributed by atoms with Crippen molar-refractivity contribution in [3.05, 3.63) is 65.5 Å². The lowest BCUT2D eigenvalue weighted by atomic mass is 9.86. The van der Waals surface area contributed by atoms with Gasteiger partial charge < -0.3 is 15.1 Å². The van der Waals surface area contributed by atoms with Crippen LogP contribution in [-0.2, 0) is 0 Å². The Morgan fingerprint density at radius 2 is 2.00 bits per heavy atom. The van der Waals surface area contributed by atoms with Crippen molar-refractivity contribution in [2.45, 2.75) is 51.7 Å². The molecule has 152 valence electrons. The van der Waals surface area contributed by atoms with Gasteiger partial charge in [0.2, 0.25) is 0 Å². The molecule has 0 amide bonds. The van der Waals surface area contributed by atoms with E-state index in [1.165, 1.54) is 22.4 Å². The van der Waals surface area contributed by atoms with Crippen LogP contribution in [-0.4, -0.2) is 34.1 Å². The van der Waals surface area contributed by atoms with Gasteiger partial charge in [-0.2, -0.15) is 0 Å². The van der Waals surface area contributed by atoms with Gasteiger partial charge in [-0.05, 0) is 74.8 Å². The molecule has 1 saturated heterocycles. The third-order valence-electron chi connectivity index (χ3n) is 6.24. The van der Waals surface area contributed by atoms with Gasteiger partial charge in [-0.3, -0.25) is 4.98 Å². The molecule has 2 aliphatic heterocycles. The number of anilines is 1. The van der Waals surface area contributed by atoms with E-state index in [2.05, 4.69) is 85.2 Å². The maximum Gasteiger partial charge on any atom is 0.170 e. The molecule has 0 aliphatic carbocycles. The zero-order chi connectivity index (χ0) is 20.8. The molecule has 0 bridgehead atoms. The average molecular weight is 407 g/mol. The second kappa shape index (κ2) is 7.45. The molecule has 1 fully saturated rings. The van der Waals surface area contributed by atoms with Gasteiger partial charge in [-0.25, -0.2) is 0 Å². The van der Waals surface area contributed by atoms with Crippen LogP contribution in [0.25, 0.3) is 5.57 Å². The van der Waals surface area contributed by atoms with Gasteiger partial charge >= 0.3 is 0 Å². The number of nitrogens with zero attached hydrogens (tertiary/aromatic N) is 3. The predicted octanol–water partition coefficient (Wildman–Crippen LogP) is 5.10. The van der Waals surface area contributed by atoms with Crippen LogP contribution < -0.4 is 10.2 Å². The highest BCUT2D eigenvalue weighted by Gasteiger charge is 2.40. The lowest BCUT2D eigenvalue weighted by molar-refractivity contribution is 0.317. The first-order chi connectivity index (χ1) is 13.8. The van der Waals surface area contributed by atoms with Gasteiger partial charge in [0.1, 0.15) is 0 Å². The summed E-state index contributed by atoms with van der Waals surface area (Å²) in [6.07, 6.45) is 5.27. The van der Waals surface area contributed by atoms with Gasteiger partial charge in [-0.15, -0.1) is 0 Å². The van der Waals surface area contributed by atoms with Crippen molar-refractivity contribution >= 4 is 28.6 Å². The standard InChI is InChI=1S/C24H30N4S/c1-6-13-28-22(21(26-23(28)29)19-9-7-8-12-25-19)17-10-11-20-18(14-17)16(2)15-24(3,4)27(20)5/h7-12,14-15,21-22H,6,13H2,1-5H3,(H,26,29)/t21-,22-/m0/s1. The minimum atomic E-state index is 0.0137. The molecule has 0 unspecified atom stereocenters. The molecule has 2 aromatic rings. The maximum absolute atomic E-state index is 5.72. The fraction of sp³-hybridized carbons (Fsp3) is 0.417. The summed E-state index contributed by atoms with van der Waals surface area (Å²) in [4.78, 5) is 9.31. The summed E-state index contributed by atoms with van der Waals surface area (Å²) < 4.78 is 0. The number of nitrogens with one attached hydrogen (secondary N) is 1. The van der Waals surface area contributed by atoms with E-state index in [1.54, 1.807) is 0 Å². The molecule has 1 N–H and O–H groups in total. The minimum absolute atomic E-state index is 0.0137. The summed E-state index contributed by atoms with van der Waals surface area (Å²) in [5.74, 6) is 0. The highest BCUT2D eigenvalue weighted by Crippen LogP contribution is 2.43. The van der Waals surface area contributed by atoms with Crippen LogP contribution >= 0.6 is 12.2 Å². The maximum atomic E-state index is 5.72. The summed E-state index contributed by atoms with van der Waals surface area (Å²) in [5.41, 5.74) is 6.24. The predicted molar refractivity (Wildman–Crippen MR) is 125 cm³/mol. The number of allylic oxidation sites excluding steroid dienone is 1. The fourth-order valence-corrected chi connectivity index (χ4v) is 4.94. The Bertz CT molecular complexity index is 951. The summed E-state index contributed by atoms with van der Waals surface area (Å²) in [6.45, 7) is 9.86. The van der Waals surface area contributed by atoms with E-state index in [9.17, 15) is 0 Å². The van der Waals surface area contributed by atoms with Gasteiger partial charge in [0, 0.05) is 31.0 Å². The monoisotopic (exact) mass is 406 g/mol. The van der Waals surface area contributed by atoms with Crippen molar-refractivity contribution < 1.29 is 0 Å². The molecule has 4 nitrogen and oxygen atoms in total. The van der Waals surface area contributed by atoms with Gasteiger partial charge in [0.05, 0.1) is 23.3 Å². The van der Waals surface area contributed by atoms with Crippen molar-refractivity contribution in [1.29, 1.82) is 0 Å². The third-order valence-corrected chi connectivity index (χ3v) is 6.60. The lowest BCUT2D eigenvalue weighted by Crippen LogP contribution is -2.42. The topological polar surface area (TPSA) is 31.4 Å². The number of thiocarbonyl (C=S) groups is 1. The van der Waals surface area contributed by atoms with E-state index in [4.69, 9.17) is 12.2 Å². The second-order valence-electron chi connectivity index (χ2n) is 8.64. The third kappa shape index (κ3) is 3.42. The number of hydrogen-bond donors (Lipinski definition) is 1. The summed E-state index contributed by atoms with van der Waals surface area (Å²) in [7, 11) is 2.17. The summed E-state index contributed by atoms with van der Waals surface area (Å²) in [5, 5.41) is 4.35. The molecule has 0 saturated carbocycles. The number of likely N-dealkylation sites (N-methyl/N-ethyl adjacent to an activating group) is 1. The molecule has 29 heavy (non-hydrogen) atoms. The van der Waals surface area contributed by atoms with Crippen LogP contribution in [0.5, 0.6) is 0 Å². The Balaban J connectivity index is 1.80. The summed E-state index contributed by atoms with van der Waals surface area (Å²) >= 11 is 5.72. The first-order valence-corrected chi connectivity index (χ1v) is 10.8. The number of rotatable bonds is 4. The number of pyridine rings is 1. The average Bonchev–Trinajstić information content (AvgIpc) is 3.03. The van der Waals surface area contributed by atoms with Crippen molar-refractivity contribution in [1.82, 2.24) is 15.2 Å². The molecule has 0 radical (unpaired) electrons. The molecule has 1 aromatic heterocycles. The zero-order valence-corrected chi connectivity index (χ0v) is 18.8. The quantitative estimate of drug-likeness (QED) is 0.715. The number of aromatic nitrogens is 1. The van der Waals surface area contributed by atoms with Crippen molar-refractivity contribution in [2.75, 3.05) is 18.5 Å². The SMILES string of the molecule is CCCN1C(=S)N[C@@H](c2ccccn2)[C@@H]1c1ccc2c(c1)C(C)=CC(C)(C)N2C. The normalized spacial score (nSPS) is 22.9. The smallest absolute Gasteiger partial charge is 0.170 e. The first kappa shape index (κ1) is 19.9. The van der Waals surface area contributed by atoms with Crippen LogP contribution in [0, 0.1) is 0 Å². The number of fused-ring (bicyclic) bond motifs is 1. The van der Waals surface area contributed by atoms with E-state index in [1.807, 2.05) is 18.3 Å². The molecular weight excluding hydrogens is 376 g/mol. The van der Waals surface area contributed by atoms with E-state index in [0.717, 1.165) is 23.8 Å². The van der Waals surface area contributed by atoms with Crippen molar-refractivity contribution in [3.63, 3.8) is 0 Å². The van der Waals surface area contributed by atoms with E-state index in [-0.39, 0.29) is 17.6 Å². The molecule has 2 aliphatic rings. The largest absolute Gasteiger partial charge is 0.366 e. The van der Waals surface area contributed by atoms with Crippen LogP contribution in [0.15, 0.2) is 48.7 Å². The number of hydrogen-bond acceptors (Lipinski definition) is 3. The van der Waals surface area contributed by atoms with Crippen LogP contribution in [0.3, 0.4) is 0 Å². The lowest BCUT2D eigenvalue weighted by Gasteiger charge is -2.41. The van der Waals surface area contributed by atoms with Crippen LogP contribution in [0.4, 0.5) is 5.69 Å². The van der Waals surface area contributed by atoms with Gasteiger partial charge in [-0.1, -0.05) is 25.1 Å². The van der Waals surface area contributed by atoms with Gasteiger partial charge in [0.25, 0.3) is 0 Å². The highest BCUT2D eigenvalue weighted by atomic mass is 32.1. The Morgan fingerprint density at radius 1 is 1.21 bits per heavy atom. The van der Waals surface area contributed by atoms with Crippen molar-refractivity contribution in [3.8, 4) is 0 Å². The minimum Gasteiger partial charge on any atom is -0.366 e. The molecular formula is C24H30N4S. The molecule has 0 spiro atoms. The first-order valence-electron chi connectivity index (χ1n) is 10.4. The van der Waals surface area contributed by atoms with Crippen LogP contribution in [0.1, 0.15) is 63.0 Å². The molecule has 2 atom stereocenters. The molecule has 4 rings (SSSR count). The molecule has 5 heteroatoms. The Labute approximate surface area is 179 Å². The molecule has 1 aromatic carbocycles.